The molecule has 0 bridgehead atoms. The second-order valence-electron chi connectivity index (χ2n) is 5.14. The summed E-state index contributed by atoms with van der Waals surface area (Å²) in [6, 6.07) is 10.7. The summed E-state index contributed by atoms with van der Waals surface area (Å²) in [4.78, 5) is 4.39. The molecule has 0 aliphatic carbocycles. The molecule has 0 spiro atoms. The number of pyridine rings is 1. The van der Waals surface area contributed by atoms with E-state index in [1.807, 2.05) is 24.3 Å². The van der Waals surface area contributed by atoms with Crippen molar-refractivity contribution >= 4 is 27.4 Å². The molecule has 4 rings (SSSR count). The van der Waals surface area contributed by atoms with Crippen molar-refractivity contribution in [1.82, 2.24) is 19.6 Å². The van der Waals surface area contributed by atoms with Crippen LogP contribution >= 0.6 is 11.5 Å². The highest BCUT2D eigenvalue weighted by Gasteiger charge is 2.11. The molecule has 1 aromatic carbocycles. The van der Waals surface area contributed by atoms with Crippen LogP contribution in [0.5, 0.6) is 0 Å². The quantitative estimate of drug-likeness (QED) is 0.612. The number of nitrogens with zero attached hydrogens (tertiary/aromatic N) is 4. The first-order chi connectivity index (χ1) is 11.8. The molecular formula is C17H12FN5S. The number of rotatable bonds is 4. The molecule has 3 heterocycles. The van der Waals surface area contributed by atoms with Gasteiger partial charge in [0.25, 0.3) is 0 Å². The molecule has 24 heavy (non-hydrogen) atoms. The topological polar surface area (TPSA) is 63.6 Å². The van der Waals surface area contributed by atoms with Crippen LogP contribution in [-0.2, 0) is 6.54 Å². The molecule has 3 aromatic heterocycles. The Morgan fingerprint density at radius 3 is 2.88 bits per heavy atom. The average Bonchev–Trinajstić information content (AvgIpc) is 3.13. The van der Waals surface area contributed by atoms with E-state index >= 15 is 0 Å². The van der Waals surface area contributed by atoms with Gasteiger partial charge in [-0.2, -0.15) is 14.6 Å². The van der Waals surface area contributed by atoms with Gasteiger partial charge in [0.2, 0.25) is 0 Å². The predicted octanol–water partition coefficient (Wildman–Crippen LogP) is 3.90. The van der Waals surface area contributed by atoms with Crippen LogP contribution in [0.2, 0.25) is 0 Å². The van der Waals surface area contributed by atoms with Gasteiger partial charge >= 0.3 is 0 Å². The van der Waals surface area contributed by atoms with Gasteiger partial charge in [0.1, 0.15) is 11.6 Å². The molecule has 118 valence electrons. The van der Waals surface area contributed by atoms with Crippen molar-refractivity contribution < 1.29 is 4.39 Å². The minimum absolute atomic E-state index is 0.249. The van der Waals surface area contributed by atoms with Crippen molar-refractivity contribution in [2.75, 3.05) is 5.32 Å². The number of hydrogen-bond donors (Lipinski definition) is 1. The smallest absolute Gasteiger partial charge is 0.135 e. The lowest BCUT2D eigenvalue weighted by Gasteiger charge is -2.10. The van der Waals surface area contributed by atoms with E-state index in [2.05, 4.69) is 24.9 Å². The number of aromatic nitrogens is 4. The maximum atomic E-state index is 13.8. The first-order valence-corrected chi connectivity index (χ1v) is 8.09. The maximum Gasteiger partial charge on any atom is 0.135 e. The minimum Gasteiger partial charge on any atom is -0.365 e. The normalized spacial score (nSPS) is 10.9. The van der Waals surface area contributed by atoms with Gasteiger partial charge < -0.3 is 5.32 Å². The lowest BCUT2D eigenvalue weighted by atomic mass is 10.1. The SMILES string of the molecule is Fc1ccc(CNc2ncccc2-c2cccnn2)c2sncc12. The van der Waals surface area contributed by atoms with E-state index in [1.54, 1.807) is 24.7 Å². The van der Waals surface area contributed by atoms with Crippen LogP contribution in [0.3, 0.4) is 0 Å². The zero-order valence-corrected chi connectivity index (χ0v) is 13.3. The van der Waals surface area contributed by atoms with E-state index in [0.29, 0.717) is 17.7 Å². The van der Waals surface area contributed by atoms with Crippen molar-refractivity contribution in [1.29, 1.82) is 0 Å². The van der Waals surface area contributed by atoms with E-state index in [-0.39, 0.29) is 5.82 Å². The number of anilines is 1. The molecule has 0 radical (unpaired) electrons. The van der Waals surface area contributed by atoms with Gasteiger partial charge in [-0.15, -0.1) is 0 Å². The summed E-state index contributed by atoms with van der Waals surface area (Å²) in [5.41, 5.74) is 2.59. The van der Waals surface area contributed by atoms with Gasteiger partial charge in [-0.1, -0.05) is 6.07 Å². The van der Waals surface area contributed by atoms with Gasteiger partial charge in [-0.25, -0.2) is 9.37 Å². The van der Waals surface area contributed by atoms with Gasteiger partial charge in [-0.3, -0.25) is 0 Å². The lowest BCUT2D eigenvalue weighted by molar-refractivity contribution is 0.639. The summed E-state index contributed by atoms with van der Waals surface area (Å²) in [5, 5.41) is 11.9. The molecule has 0 fully saturated rings. The third-order valence-electron chi connectivity index (χ3n) is 3.65. The maximum absolute atomic E-state index is 13.8. The zero-order valence-electron chi connectivity index (χ0n) is 12.5. The Kier molecular flexibility index (Phi) is 3.84. The van der Waals surface area contributed by atoms with Crippen molar-refractivity contribution in [3.63, 3.8) is 0 Å². The van der Waals surface area contributed by atoms with Crippen LogP contribution in [-0.4, -0.2) is 19.6 Å². The molecule has 4 aromatic rings. The third-order valence-corrected chi connectivity index (χ3v) is 4.53. The minimum atomic E-state index is -0.249. The number of halogens is 1. The molecule has 5 nitrogen and oxygen atoms in total. The Bertz CT molecular complexity index is 987. The number of nitrogens with one attached hydrogen (secondary N) is 1. The van der Waals surface area contributed by atoms with Crippen LogP contribution in [0.4, 0.5) is 10.2 Å². The highest BCUT2D eigenvalue weighted by molar-refractivity contribution is 7.13. The second-order valence-corrected chi connectivity index (χ2v) is 5.94. The van der Waals surface area contributed by atoms with Gasteiger partial charge in [0.15, 0.2) is 0 Å². The Morgan fingerprint density at radius 1 is 1.08 bits per heavy atom. The van der Waals surface area contributed by atoms with E-state index in [0.717, 1.165) is 21.5 Å². The Hall–Kier alpha value is -2.93. The first kappa shape index (κ1) is 14.6. The fourth-order valence-corrected chi connectivity index (χ4v) is 3.27. The Labute approximate surface area is 141 Å². The summed E-state index contributed by atoms with van der Waals surface area (Å²) >= 11 is 1.29. The monoisotopic (exact) mass is 337 g/mol. The molecule has 1 N–H and O–H groups in total. The van der Waals surface area contributed by atoms with E-state index in [4.69, 9.17) is 0 Å². The summed E-state index contributed by atoms with van der Waals surface area (Å²) < 4.78 is 18.7. The highest BCUT2D eigenvalue weighted by atomic mass is 32.1. The predicted molar refractivity (Wildman–Crippen MR) is 92.2 cm³/mol. The van der Waals surface area contributed by atoms with Crippen LogP contribution in [0.15, 0.2) is 55.0 Å². The van der Waals surface area contributed by atoms with Crippen LogP contribution < -0.4 is 5.32 Å². The number of hydrogen-bond acceptors (Lipinski definition) is 6. The van der Waals surface area contributed by atoms with Crippen LogP contribution in [0.25, 0.3) is 21.3 Å². The van der Waals surface area contributed by atoms with Crippen molar-refractivity contribution in [3.8, 4) is 11.3 Å². The van der Waals surface area contributed by atoms with E-state index in [9.17, 15) is 4.39 Å². The molecule has 0 atom stereocenters. The number of benzene rings is 1. The molecule has 7 heteroatoms. The summed E-state index contributed by atoms with van der Waals surface area (Å²) in [5.74, 6) is 0.459. The Morgan fingerprint density at radius 2 is 2.00 bits per heavy atom. The van der Waals surface area contributed by atoms with E-state index in [1.165, 1.54) is 17.6 Å². The fourth-order valence-electron chi connectivity index (χ4n) is 2.50. The van der Waals surface area contributed by atoms with Crippen molar-refractivity contribution in [2.45, 2.75) is 6.54 Å². The molecule has 0 aliphatic heterocycles. The van der Waals surface area contributed by atoms with Gasteiger partial charge in [0, 0.05) is 29.9 Å². The van der Waals surface area contributed by atoms with Crippen molar-refractivity contribution in [3.05, 3.63) is 66.4 Å². The molecular weight excluding hydrogens is 325 g/mol. The molecule has 0 aliphatic rings. The third kappa shape index (κ3) is 2.69. The standard InChI is InChI=1S/C17H12FN5S/c18-14-6-5-11(16-13(14)10-22-24-16)9-20-17-12(3-1-7-19-17)15-4-2-8-21-23-15/h1-8,10H,9H2,(H,19,20). The highest BCUT2D eigenvalue weighted by Crippen LogP contribution is 2.27. The molecule has 0 unspecified atom stereocenters. The first-order valence-electron chi connectivity index (χ1n) is 7.31. The van der Waals surface area contributed by atoms with Crippen LogP contribution in [0.1, 0.15) is 5.56 Å². The fraction of sp³-hybridized carbons (Fsp3) is 0.0588. The average molecular weight is 337 g/mol. The van der Waals surface area contributed by atoms with E-state index < -0.39 is 0 Å². The largest absolute Gasteiger partial charge is 0.365 e. The zero-order chi connectivity index (χ0) is 16.4. The molecule has 0 saturated carbocycles. The second kappa shape index (κ2) is 6.29. The summed E-state index contributed by atoms with van der Waals surface area (Å²) in [7, 11) is 0. The van der Waals surface area contributed by atoms with Gasteiger partial charge in [-0.05, 0) is 47.4 Å². The summed E-state index contributed by atoms with van der Waals surface area (Å²) in [6.07, 6.45) is 4.91. The molecule has 0 saturated heterocycles. The van der Waals surface area contributed by atoms with Gasteiger partial charge in [0.05, 0.1) is 16.6 Å². The number of fused-ring (bicyclic) bond motifs is 1. The van der Waals surface area contributed by atoms with Crippen LogP contribution in [0, 0.1) is 5.82 Å². The molecule has 0 amide bonds. The summed E-state index contributed by atoms with van der Waals surface area (Å²) in [6.45, 7) is 0.517. The lowest BCUT2D eigenvalue weighted by Crippen LogP contribution is -2.04. The Balaban J connectivity index is 1.65. The van der Waals surface area contributed by atoms with Crippen molar-refractivity contribution in [2.24, 2.45) is 0 Å².